The fraction of sp³-hybridized carbons (Fsp3) is 0.364. The van der Waals surface area contributed by atoms with Crippen molar-refractivity contribution in [1.29, 1.82) is 0 Å². The van der Waals surface area contributed by atoms with E-state index in [0.29, 0.717) is 24.6 Å². The topological polar surface area (TPSA) is 82.7 Å². The summed E-state index contributed by atoms with van der Waals surface area (Å²) in [5.74, 6) is 0.175. The average molecular weight is 433 g/mol. The predicted octanol–water partition coefficient (Wildman–Crippen LogP) is 2.74. The number of carbonyl (C=O) groups excluding carboxylic acids is 1. The standard InChI is InChI=1S/C22H26F3N5O/c1-27-21(28-12-16-3-2-4-17(11-16)20(26)31)29-19-9-10-30(14-19)13-15-5-7-18(8-6-15)22(23,24)25/h2-8,11,19H,9-10,12-14H2,1H3,(H2,26,31)(H2,27,28,29). The van der Waals surface area contributed by atoms with Crippen LogP contribution >= 0.6 is 0 Å². The van der Waals surface area contributed by atoms with Crippen molar-refractivity contribution >= 4 is 11.9 Å². The average Bonchev–Trinajstić information content (AvgIpc) is 3.17. The predicted molar refractivity (Wildman–Crippen MR) is 113 cm³/mol. The van der Waals surface area contributed by atoms with E-state index < -0.39 is 17.6 Å². The summed E-state index contributed by atoms with van der Waals surface area (Å²) in [6.07, 6.45) is -3.41. The van der Waals surface area contributed by atoms with Gasteiger partial charge in [0, 0.05) is 44.8 Å². The summed E-state index contributed by atoms with van der Waals surface area (Å²) in [6, 6.07) is 12.6. The lowest BCUT2D eigenvalue weighted by atomic mass is 10.1. The highest BCUT2D eigenvalue weighted by Gasteiger charge is 2.30. The summed E-state index contributed by atoms with van der Waals surface area (Å²) < 4.78 is 38.1. The van der Waals surface area contributed by atoms with Crippen LogP contribution in [-0.4, -0.2) is 42.9 Å². The Hall–Kier alpha value is -3.07. The van der Waals surface area contributed by atoms with Gasteiger partial charge in [-0.3, -0.25) is 14.7 Å². The zero-order valence-electron chi connectivity index (χ0n) is 17.2. The van der Waals surface area contributed by atoms with Crippen molar-refractivity contribution in [3.05, 3.63) is 70.8 Å². The highest BCUT2D eigenvalue weighted by Crippen LogP contribution is 2.29. The first-order chi connectivity index (χ1) is 14.7. The summed E-state index contributed by atoms with van der Waals surface area (Å²) in [7, 11) is 1.68. The van der Waals surface area contributed by atoms with Crippen LogP contribution in [0.5, 0.6) is 0 Å². The van der Waals surface area contributed by atoms with Crippen LogP contribution in [-0.2, 0) is 19.3 Å². The van der Waals surface area contributed by atoms with Crippen molar-refractivity contribution in [3.8, 4) is 0 Å². The second-order valence-electron chi connectivity index (χ2n) is 7.55. The van der Waals surface area contributed by atoms with E-state index in [1.807, 2.05) is 6.07 Å². The van der Waals surface area contributed by atoms with Crippen LogP contribution in [0.1, 0.15) is 33.5 Å². The van der Waals surface area contributed by atoms with Crippen molar-refractivity contribution < 1.29 is 18.0 Å². The number of amides is 1. The van der Waals surface area contributed by atoms with Gasteiger partial charge in [-0.1, -0.05) is 24.3 Å². The normalized spacial score (nSPS) is 17.5. The number of hydrogen-bond donors (Lipinski definition) is 3. The molecule has 0 spiro atoms. The van der Waals surface area contributed by atoms with Crippen LogP contribution < -0.4 is 16.4 Å². The molecule has 9 heteroatoms. The summed E-state index contributed by atoms with van der Waals surface area (Å²) in [6.45, 7) is 2.69. The van der Waals surface area contributed by atoms with Gasteiger partial charge in [-0.05, 0) is 41.8 Å². The lowest BCUT2D eigenvalue weighted by molar-refractivity contribution is -0.137. The fourth-order valence-corrected chi connectivity index (χ4v) is 3.56. The highest BCUT2D eigenvalue weighted by molar-refractivity contribution is 5.92. The van der Waals surface area contributed by atoms with Gasteiger partial charge >= 0.3 is 6.18 Å². The molecule has 1 heterocycles. The number of likely N-dealkylation sites (tertiary alicyclic amines) is 1. The van der Waals surface area contributed by atoms with E-state index in [1.165, 1.54) is 12.1 Å². The number of rotatable bonds is 6. The van der Waals surface area contributed by atoms with E-state index in [4.69, 9.17) is 5.73 Å². The van der Waals surface area contributed by atoms with E-state index in [1.54, 1.807) is 25.2 Å². The van der Waals surface area contributed by atoms with Crippen LogP contribution in [0.15, 0.2) is 53.5 Å². The number of halogens is 3. The zero-order chi connectivity index (χ0) is 22.4. The smallest absolute Gasteiger partial charge is 0.366 e. The van der Waals surface area contributed by atoms with Gasteiger partial charge < -0.3 is 16.4 Å². The Labute approximate surface area is 179 Å². The third-order valence-electron chi connectivity index (χ3n) is 5.20. The maximum absolute atomic E-state index is 12.7. The number of nitrogens with one attached hydrogen (secondary N) is 2. The molecule has 1 aliphatic heterocycles. The third-order valence-corrected chi connectivity index (χ3v) is 5.20. The van der Waals surface area contributed by atoms with Gasteiger partial charge in [-0.2, -0.15) is 13.2 Å². The molecule has 2 aromatic rings. The van der Waals surface area contributed by atoms with Gasteiger partial charge in [0.15, 0.2) is 5.96 Å². The molecule has 1 atom stereocenters. The van der Waals surface area contributed by atoms with Crippen LogP contribution in [0.25, 0.3) is 0 Å². The SMILES string of the molecule is CN=C(NCc1cccc(C(N)=O)c1)NC1CCN(Cc2ccc(C(F)(F)F)cc2)C1. The van der Waals surface area contributed by atoms with E-state index in [0.717, 1.165) is 42.8 Å². The van der Waals surface area contributed by atoms with Crippen molar-refractivity contribution in [3.63, 3.8) is 0 Å². The summed E-state index contributed by atoms with van der Waals surface area (Å²) in [5.41, 5.74) is 6.91. The lowest BCUT2D eigenvalue weighted by Gasteiger charge is -2.19. The molecule has 0 bridgehead atoms. The molecule has 0 radical (unpaired) electrons. The van der Waals surface area contributed by atoms with Gasteiger partial charge in [-0.25, -0.2) is 0 Å². The molecule has 2 aromatic carbocycles. The molecular formula is C22H26F3N5O. The minimum atomic E-state index is -4.31. The Bertz CT molecular complexity index is 927. The largest absolute Gasteiger partial charge is 0.416 e. The van der Waals surface area contributed by atoms with Crippen LogP contribution in [0.3, 0.4) is 0 Å². The number of nitrogens with two attached hydrogens (primary N) is 1. The first kappa shape index (κ1) is 22.6. The Morgan fingerprint density at radius 1 is 1.19 bits per heavy atom. The molecule has 31 heavy (non-hydrogen) atoms. The van der Waals surface area contributed by atoms with Crippen LogP contribution in [0, 0.1) is 0 Å². The molecule has 0 aliphatic carbocycles. The van der Waals surface area contributed by atoms with Crippen LogP contribution in [0.4, 0.5) is 13.2 Å². The van der Waals surface area contributed by atoms with Gasteiger partial charge in [0.2, 0.25) is 5.91 Å². The first-order valence-corrected chi connectivity index (χ1v) is 9.99. The molecule has 0 aromatic heterocycles. The molecule has 1 amide bonds. The highest BCUT2D eigenvalue weighted by atomic mass is 19.4. The van der Waals surface area contributed by atoms with E-state index >= 15 is 0 Å². The molecule has 1 saturated heterocycles. The maximum Gasteiger partial charge on any atom is 0.416 e. The van der Waals surface area contributed by atoms with Crippen molar-refractivity contribution in [2.75, 3.05) is 20.1 Å². The summed E-state index contributed by atoms with van der Waals surface area (Å²) >= 11 is 0. The second-order valence-corrected chi connectivity index (χ2v) is 7.55. The number of nitrogens with zero attached hydrogens (tertiary/aromatic N) is 2. The number of alkyl halides is 3. The quantitative estimate of drug-likeness (QED) is 0.483. The number of aliphatic imine (C=N–C) groups is 1. The Morgan fingerprint density at radius 3 is 2.58 bits per heavy atom. The monoisotopic (exact) mass is 433 g/mol. The second kappa shape index (κ2) is 9.82. The number of primary amides is 1. The molecule has 1 fully saturated rings. The summed E-state index contributed by atoms with van der Waals surface area (Å²) in [4.78, 5) is 17.8. The van der Waals surface area contributed by atoms with Gasteiger partial charge in [0.05, 0.1) is 5.56 Å². The first-order valence-electron chi connectivity index (χ1n) is 9.99. The molecular weight excluding hydrogens is 407 g/mol. The number of guanidine groups is 1. The van der Waals surface area contributed by atoms with Crippen molar-refractivity contribution in [2.45, 2.75) is 31.7 Å². The molecule has 1 unspecified atom stereocenters. The lowest BCUT2D eigenvalue weighted by Crippen LogP contribution is -2.44. The number of benzene rings is 2. The van der Waals surface area contributed by atoms with Crippen molar-refractivity contribution in [1.82, 2.24) is 15.5 Å². The van der Waals surface area contributed by atoms with Gasteiger partial charge in [0.1, 0.15) is 0 Å². The maximum atomic E-state index is 12.7. The minimum absolute atomic E-state index is 0.178. The molecule has 6 nitrogen and oxygen atoms in total. The molecule has 166 valence electrons. The molecule has 4 N–H and O–H groups in total. The van der Waals surface area contributed by atoms with Crippen LogP contribution in [0.2, 0.25) is 0 Å². The Kier molecular flexibility index (Phi) is 7.17. The zero-order valence-corrected chi connectivity index (χ0v) is 17.2. The Morgan fingerprint density at radius 2 is 1.94 bits per heavy atom. The molecule has 3 rings (SSSR count). The number of carbonyl (C=O) groups is 1. The van der Waals surface area contributed by atoms with E-state index in [9.17, 15) is 18.0 Å². The molecule has 1 aliphatic rings. The van der Waals surface area contributed by atoms with Gasteiger partial charge in [0.25, 0.3) is 0 Å². The number of hydrogen-bond acceptors (Lipinski definition) is 3. The molecule has 0 saturated carbocycles. The Balaban J connectivity index is 1.48. The summed E-state index contributed by atoms with van der Waals surface area (Å²) in [5, 5.41) is 6.60. The third kappa shape index (κ3) is 6.45. The van der Waals surface area contributed by atoms with Crippen molar-refractivity contribution in [2.24, 2.45) is 10.7 Å². The van der Waals surface area contributed by atoms with E-state index in [-0.39, 0.29) is 6.04 Å². The fourth-order valence-electron chi connectivity index (χ4n) is 3.56. The van der Waals surface area contributed by atoms with E-state index in [2.05, 4.69) is 20.5 Å². The minimum Gasteiger partial charge on any atom is -0.366 e. The van der Waals surface area contributed by atoms with Gasteiger partial charge in [-0.15, -0.1) is 0 Å².